The van der Waals surface area contributed by atoms with Gasteiger partial charge in [-0.05, 0) is 30.2 Å². The summed E-state index contributed by atoms with van der Waals surface area (Å²) in [6, 6.07) is 3.68. The lowest BCUT2D eigenvalue weighted by Crippen LogP contribution is -1.97. The Bertz CT molecular complexity index is 388. The number of alkyl halides is 1. The van der Waals surface area contributed by atoms with Gasteiger partial charge in [-0.1, -0.05) is 12.2 Å². The Kier molecular flexibility index (Phi) is 4.31. The van der Waals surface area contributed by atoms with Crippen molar-refractivity contribution in [1.29, 1.82) is 0 Å². The maximum Gasteiger partial charge on any atom is 0.335 e. The van der Waals surface area contributed by atoms with Gasteiger partial charge in [-0.2, -0.15) is 0 Å². The highest BCUT2D eigenvalue weighted by Gasteiger charge is 2.05. The van der Waals surface area contributed by atoms with Crippen molar-refractivity contribution in [2.75, 3.05) is 5.88 Å². The Labute approximate surface area is 92.0 Å². The maximum absolute atomic E-state index is 13.0. The molecule has 0 saturated carbocycles. The van der Waals surface area contributed by atoms with Crippen LogP contribution >= 0.6 is 11.6 Å². The Morgan fingerprint density at radius 2 is 2.20 bits per heavy atom. The van der Waals surface area contributed by atoms with Gasteiger partial charge in [-0.15, -0.1) is 11.6 Å². The molecule has 80 valence electrons. The van der Waals surface area contributed by atoms with E-state index in [2.05, 4.69) is 0 Å². The van der Waals surface area contributed by atoms with Gasteiger partial charge in [0.05, 0.1) is 5.56 Å². The van der Waals surface area contributed by atoms with Gasteiger partial charge < -0.3 is 5.11 Å². The first kappa shape index (κ1) is 11.7. The van der Waals surface area contributed by atoms with Gasteiger partial charge in [0.25, 0.3) is 0 Å². The first-order valence-corrected chi connectivity index (χ1v) is 4.93. The number of halogens is 2. The van der Waals surface area contributed by atoms with E-state index >= 15 is 0 Å². The van der Waals surface area contributed by atoms with Crippen LogP contribution in [0.5, 0.6) is 0 Å². The number of carbonyl (C=O) groups is 1. The minimum Gasteiger partial charge on any atom is -0.478 e. The smallest absolute Gasteiger partial charge is 0.335 e. The second-order valence-electron chi connectivity index (χ2n) is 2.96. The molecule has 1 aromatic carbocycles. The molecular formula is C11H10ClFO2. The number of hydrogen-bond acceptors (Lipinski definition) is 1. The van der Waals surface area contributed by atoms with Gasteiger partial charge in [-0.3, -0.25) is 0 Å². The molecule has 2 nitrogen and oxygen atoms in total. The fraction of sp³-hybridized carbons (Fsp3) is 0.182. The summed E-state index contributed by atoms with van der Waals surface area (Å²) in [4.78, 5) is 10.6. The molecule has 0 aromatic heterocycles. The van der Waals surface area contributed by atoms with Crippen molar-refractivity contribution < 1.29 is 14.3 Å². The third-order valence-electron chi connectivity index (χ3n) is 1.75. The van der Waals surface area contributed by atoms with E-state index in [1.165, 1.54) is 12.1 Å². The van der Waals surface area contributed by atoms with Crippen LogP contribution < -0.4 is 0 Å². The number of carboxylic acid groups (broad SMARTS) is 1. The topological polar surface area (TPSA) is 37.3 Å². The van der Waals surface area contributed by atoms with Crippen molar-refractivity contribution in [3.8, 4) is 0 Å². The van der Waals surface area contributed by atoms with E-state index in [0.29, 0.717) is 17.9 Å². The average Bonchev–Trinajstić information content (AvgIpc) is 2.17. The molecule has 0 atom stereocenters. The normalized spacial score (nSPS) is 10.8. The van der Waals surface area contributed by atoms with Crippen molar-refractivity contribution in [3.05, 3.63) is 41.2 Å². The Morgan fingerprint density at radius 3 is 2.80 bits per heavy atom. The second-order valence-corrected chi connectivity index (χ2v) is 3.34. The van der Waals surface area contributed by atoms with Crippen LogP contribution in [0.2, 0.25) is 0 Å². The quantitative estimate of drug-likeness (QED) is 0.804. The van der Waals surface area contributed by atoms with Gasteiger partial charge in [0.15, 0.2) is 0 Å². The van der Waals surface area contributed by atoms with E-state index in [1.54, 1.807) is 12.2 Å². The molecule has 0 spiro atoms. The molecule has 0 fully saturated rings. The first-order valence-electron chi connectivity index (χ1n) is 4.40. The summed E-state index contributed by atoms with van der Waals surface area (Å²) in [7, 11) is 0. The van der Waals surface area contributed by atoms with Gasteiger partial charge in [0, 0.05) is 5.88 Å². The summed E-state index contributed by atoms with van der Waals surface area (Å²) in [6.07, 6.45) is 4.09. The highest BCUT2D eigenvalue weighted by atomic mass is 35.5. The number of carboxylic acids is 1. The Balaban J connectivity index is 2.93. The molecule has 0 radical (unpaired) electrons. The van der Waals surface area contributed by atoms with Gasteiger partial charge in [0.1, 0.15) is 5.82 Å². The predicted molar refractivity (Wildman–Crippen MR) is 57.7 cm³/mol. The maximum atomic E-state index is 13.0. The lowest BCUT2D eigenvalue weighted by Gasteiger charge is -1.98. The summed E-state index contributed by atoms with van der Waals surface area (Å²) >= 11 is 5.46. The molecule has 0 unspecified atom stereocenters. The van der Waals surface area contributed by atoms with E-state index in [0.717, 1.165) is 6.07 Å². The lowest BCUT2D eigenvalue weighted by atomic mass is 10.1. The van der Waals surface area contributed by atoms with Crippen LogP contribution in [0.15, 0.2) is 24.3 Å². The van der Waals surface area contributed by atoms with Crippen LogP contribution in [0, 0.1) is 5.82 Å². The molecule has 0 bridgehead atoms. The van der Waals surface area contributed by atoms with Gasteiger partial charge >= 0.3 is 5.97 Å². The van der Waals surface area contributed by atoms with Gasteiger partial charge in [0.2, 0.25) is 0 Å². The fourth-order valence-corrected chi connectivity index (χ4v) is 1.24. The van der Waals surface area contributed by atoms with Crippen molar-refractivity contribution in [2.45, 2.75) is 6.42 Å². The third-order valence-corrected chi connectivity index (χ3v) is 1.97. The van der Waals surface area contributed by atoms with Crippen LogP contribution in [-0.4, -0.2) is 17.0 Å². The fourth-order valence-electron chi connectivity index (χ4n) is 1.11. The summed E-state index contributed by atoms with van der Waals surface area (Å²) in [6.45, 7) is 0. The lowest BCUT2D eigenvalue weighted by molar-refractivity contribution is 0.0696. The van der Waals surface area contributed by atoms with E-state index in [4.69, 9.17) is 16.7 Å². The highest BCUT2D eigenvalue weighted by Crippen LogP contribution is 2.11. The number of allylic oxidation sites excluding steroid dienone is 1. The molecule has 0 aliphatic carbocycles. The molecule has 0 heterocycles. The van der Waals surface area contributed by atoms with Crippen LogP contribution in [0.25, 0.3) is 6.08 Å². The zero-order valence-corrected chi connectivity index (χ0v) is 8.67. The minimum atomic E-state index is -1.14. The number of aromatic carboxylic acids is 1. The van der Waals surface area contributed by atoms with Crippen molar-refractivity contribution in [2.24, 2.45) is 0 Å². The SMILES string of the molecule is O=C(O)c1cc(F)cc(C=CCCCl)c1. The third kappa shape index (κ3) is 3.72. The van der Waals surface area contributed by atoms with Crippen LogP contribution in [0.4, 0.5) is 4.39 Å². The van der Waals surface area contributed by atoms with E-state index in [9.17, 15) is 9.18 Å². The predicted octanol–water partition coefficient (Wildman–Crippen LogP) is 3.17. The molecule has 1 aromatic rings. The first-order chi connectivity index (χ1) is 7.13. The highest BCUT2D eigenvalue weighted by molar-refractivity contribution is 6.17. The number of hydrogen-bond donors (Lipinski definition) is 1. The molecule has 0 amide bonds. The molecule has 1 rings (SSSR count). The second kappa shape index (κ2) is 5.51. The molecule has 0 aliphatic heterocycles. The largest absolute Gasteiger partial charge is 0.478 e. The van der Waals surface area contributed by atoms with Crippen molar-refractivity contribution in [3.63, 3.8) is 0 Å². The number of benzene rings is 1. The standard InChI is InChI=1S/C11H10ClFO2/c12-4-2-1-3-8-5-9(11(14)15)7-10(13)6-8/h1,3,5-7H,2,4H2,(H,14,15). The van der Waals surface area contributed by atoms with Crippen LogP contribution in [0.1, 0.15) is 22.3 Å². The summed E-state index contributed by atoms with van der Waals surface area (Å²) in [5.41, 5.74) is 0.470. The molecule has 4 heteroatoms. The molecular weight excluding hydrogens is 219 g/mol. The Morgan fingerprint density at radius 1 is 1.47 bits per heavy atom. The zero-order chi connectivity index (χ0) is 11.3. The Hall–Kier alpha value is -1.35. The summed E-state index contributed by atoms with van der Waals surface area (Å²) < 4.78 is 13.0. The monoisotopic (exact) mass is 228 g/mol. The van der Waals surface area contributed by atoms with Crippen molar-refractivity contribution >= 4 is 23.6 Å². The molecule has 1 N–H and O–H groups in total. The minimum absolute atomic E-state index is 0.0551. The van der Waals surface area contributed by atoms with E-state index in [1.807, 2.05) is 0 Å². The summed E-state index contributed by atoms with van der Waals surface area (Å²) in [5.74, 6) is -1.21. The molecule has 0 aliphatic rings. The summed E-state index contributed by atoms with van der Waals surface area (Å²) in [5, 5.41) is 8.69. The zero-order valence-electron chi connectivity index (χ0n) is 7.91. The number of rotatable bonds is 4. The molecule has 15 heavy (non-hydrogen) atoms. The van der Waals surface area contributed by atoms with Crippen LogP contribution in [-0.2, 0) is 0 Å². The average molecular weight is 229 g/mol. The molecule has 0 saturated heterocycles. The van der Waals surface area contributed by atoms with E-state index in [-0.39, 0.29) is 5.56 Å². The van der Waals surface area contributed by atoms with Crippen molar-refractivity contribution in [1.82, 2.24) is 0 Å². The van der Waals surface area contributed by atoms with Crippen LogP contribution in [0.3, 0.4) is 0 Å². The van der Waals surface area contributed by atoms with Gasteiger partial charge in [-0.25, -0.2) is 9.18 Å². The van der Waals surface area contributed by atoms with E-state index < -0.39 is 11.8 Å².